The molecule has 2 aliphatic rings. The minimum absolute atomic E-state index is 0.189. The third-order valence-corrected chi connectivity index (χ3v) is 5.10. The second-order valence-electron chi connectivity index (χ2n) is 5.55. The number of halogens is 1. The van der Waals surface area contributed by atoms with Crippen LogP contribution in [-0.4, -0.2) is 16.8 Å². The molecular weight excluding hydrogens is 259 g/mol. The van der Waals surface area contributed by atoms with Gasteiger partial charge < -0.3 is 0 Å². The Hall–Kier alpha value is -1.05. The van der Waals surface area contributed by atoms with Gasteiger partial charge in [-0.15, -0.1) is 11.8 Å². The summed E-state index contributed by atoms with van der Waals surface area (Å²) in [5.41, 5.74) is -0.341. The van der Waals surface area contributed by atoms with Gasteiger partial charge in [0.1, 0.15) is 11.4 Å². The number of nitriles is 1. The lowest BCUT2D eigenvalue weighted by Gasteiger charge is -2.22. The van der Waals surface area contributed by atoms with Gasteiger partial charge in [0.15, 0.2) is 0 Å². The van der Waals surface area contributed by atoms with E-state index < -0.39 is 0 Å². The summed E-state index contributed by atoms with van der Waals surface area (Å²) in [6.07, 6.45) is 5.19. The number of benzene rings is 1. The molecule has 0 heterocycles. The highest BCUT2D eigenvalue weighted by Crippen LogP contribution is 2.41. The molecule has 19 heavy (non-hydrogen) atoms. The summed E-state index contributed by atoms with van der Waals surface area (Å²) in [7, 11) is 0. The van der Waals surface area contributed by atoms with E-state index in [0.717, 1.165) is 24.2 Å². The first-order chi connectivity index (χ1) is 9.19. The van der Waals surface area contributed by atoms with Crippen LogP contribution in [0, 0.1) is 17.1 Å². The van der Waals surface area contributed by atoms with Crippen LogP contribution in [0.3, 0.4) is 0 Å². The predicted octanol–water partition coefficient (Wildman–Crippen LogP) is 3.48. The molecule has 2 fully saturated rings. The number of hydrogen-bond donors (Lipinski definition) is 1. The molecule has 2 nitrogen and oxygen atoms in total. The lowest BCUT2D eigenvalue weighted by Crippen LogP contribution is -2.43. The van der Waals surface area contributed by atoms with Crippen LogP contribution in [0.15, 0.2) is 29.2 Å². The van der Waals surface area contributed by atoms with E-state index in [4.69, 9.17) is 0 Å². The van der Waals surface area contributed by atoms with Gasteiger partial charge in [-0.1, -0.05) is 6.07 Å². The van der Waals surface area contributed by atoms with Gasteiger partial charge in [-0.05, 0) is 50.3 Å². The first-order valence-corrected chi connectivity index (χ1v) is 7.68. The molecule has 0 spiro atoms. The van der Waals surface area contributed by atoms with Crippen molar-refractivity contribution >= 4 is 11.8 Å². The van der Waals surface area contributed by atoms with E-state index in [0.29, 0.717) is 11.3 Å². The summed E-state index contributed by atoms with van der Waals surface area (Å²) >= 11 is 1.70. The molecule has 2 atom stereocenters. The average molecular weight is 276 g/mol. The first-order valence-electron chi connectivity index (χ1n) is 6.80. The maximum Gasteiger partial charge on any atom is 0.124 e. The molecule has 0 aliphatic heterocycles. The fourth-order valence-electron chi connectivity index (χ4n) is 2.72. The largest absolute Gasteiger partial charge is 0.297 e. The Morgan fingerprint density at radius 1 is 1.37 bits per heavy atom. The zero-order chi connectivity index (χ0) is 13.3. The molecule has 2 unspecified atom stereocenters. The number of thioether (sulfide) groups is 1. The molecule has 0 amide bonds. The molecule has 3 rings (SSSR count). The topological polar surface area (TPSA) is 35.8 Å². The summed E-state index contributed by atoms with van der Waals surface area (Å²) in [5.74, 6) is -0.189. The molecule has 0 radical (unpaired) electrons. The molecule has 2 saturated carbocycles. The van der Waals surface area contributed by atoms with Crippen LogP contribution in [0.2, 0.25) is 0 Å². The molecule has 1 aromatic rings. The fraction of sp³-hybridized carbons (Fsp3) is 0.533. The standard InChI is InChI=1S/C15H17FN2S/c16-11-2-1-3-13(8-11)19-14-6-7-15(9-14,10-17)18-12-4-5-12/h1-3,8,12,14,18H,4-7,9H2. The van der Waals surface area contributed by atoms with Crippen LogP contribution in [0.25, 0.3) is 0 Å². The number of rotatable bonds is 4. The van der Waals surface area contributed by atoms with Crippen LogP contribution < -0.4 is 5.32 Å². The Bertz CT molecular complexity index is 509. The molecule has 1 N–H and O–H groups in total. The number of hydrogen-bond acceptors (Lipinski definition) is 3. The molecule has 4 heteroatoms. The monoisotopic (exact) mass is 276 g/mol. The van der Waals surface area contributed by atoms with Crippen molar-refractivity contribution in [1.82, 2.24) is 5.32 Å². The Morgan fingerprint density at radius 2 is 2.21 bits per heavy atom. The molecule has 0 bridgehead atoms. The van der Waals surface area contributed by atoms with Crippen molar-refractivity contribution in [2.24, 2.45) is 0 Å². The van der Waals surface area contributed by atoms with Crippen LogP contribution in [0.4, 0.5) is 4.39 Å². The zero-order valence-corrected chi connectivity index (χ0v) is 11.5. The molecule has 2 aliphatic carbocycles. The summed E-state index contributed by atoms with van der Waals surface area (Å²) in [4.78, 5) is 0.963. The van der Waals surface area contributed by atoms with Gasteiger partial charge in [-0.25, -0.2) is 4.39 Å². The lowest BCUT2D eigenvalue weighted by atomic mass is 10.00. The van der Waals surface area contributed by atoms with Crippen molar-refractivity contribution in [3.8, 4) is 6.07 Å². The van der Waals surface area contributed by atoms with Gasteiger partial charge in [-0.3, -0.25) is 5.32 Å². The van der Waals surface area contributed by atoms with Crippen molar-refractivity contribution in [3.05, 3.63) is 30.1 Å². The zero-order valence-electron chi connectivity index (χ0n) is 10.7. The highest BCUT2D eigenvalue weighted by atomic mass is 32.2. The molecule has 1 aromatic carbocycles. The SMILES string of the molecule is N#CC1(NC2CC2)CCC(Sc2cccc(F)c2)C1. The third kappa shape index (κ3) is 3.10. The molecule has 0 saturated heterocycles. The molecule has 0 aromatic heterocycles. The highest BCUT2D eigenvalue weighted by Gasteiger charge is 2.43. The van der Waals surface area contributed by atoms with Crippen molar-refractivity contribution in [2.45, 2.75) is 53.8 Å². The first kappa shape index (κ1) is 13.0. The second-order valence-corrected chi connectivity index (χ2v) is 6.93. The van der Waals surface area contributed by atoms with E-state index in [-0.39, 0.29) is 11.4 Å². The predicted molar refractivity (Wildman–Crippen MR) is 74.4 cm³/mol. The molecule has 100 valence electrons. The van der Waals surface area contributed by atoms with Crippen LogP contribution >= 0.6 is 11.8 Å². The number of nitrogens with one attached hydrogen (secondary N) is 1. The van der Waals surface area contributed by atoms with Crippen LogP contribution in [-0.2, 0) is 0 Å². The van der Waals surface area contributed by atoms with Gasteiger partial charge in [-0.2, -0.15) is 5.26 Å². The minimum atomic E-state index is -0.341. The smallest absolute Gasteiger partial charge is 0.124 e. The van der Waals surface area contributed by atoms with Crippen molar-refractivity contribution in [2.75, 3.05) is 0 Å². The maximum atomic E-state index is 13.2. The highest BCUT2D eigenvalue weighted by molar-refractivity contribution is 8.00. The van der Waals surface area contributed by atoms with Gasteiger partial charge in [0.25, 0.3) is 0 Å². The fourth-order valence-corrected chi connectivity index (χ4v) is 4.04. The second kappa shape index (κ2) is 5.15. The molecular formula is C15H17FN2S. The van der Waals surface area contributed by atoms with Gasteiger partial charge >= 0.3 is 0 Å². The van der Waals surface area contributed by atoms with E-state index in [9.17, 15) is 9.65 Å². The summed E-state index contributed by atoms with van der Waals surface area (Å²) in [5, 5.41) is 13.3. The third-order valence-electron chi connectivity index (χ3n) is 3.84. The van der Waals surface area contributed by atoms with E-state index in [1.165, 1.54) is 18.9 Å². The summed E-state index contributed by atoms with van der Waals surface area (Å²) in [6.45, 7) is 0. The quantitative estimate of drug-likeness (QED) is 0.914. The van der Waals surface area contributed by atoms with Gasteiger partial charge in [0.2, 0.25) is 0 Å². The van der Waals surface area contributed by atoms with Crippen LogP contribution in [0.5, 0.6) is 0 Å². The van der Waals surface area contributed by atoms with E-state index in [2.05, 4.69) is 11.4 Å². The average Bonchev–Trinajstić information content (AvgIpc) is 3.11. The summed E-state index contributed by atoms with van der Waals surface area (Å²) < 4.78 is 13.2. The minimum Gasteiger partial charge on any atom is -0.297 e. The maximum absolute atomic E-state index is 13.2. The Kier molecular flexibility index (Phi) is 3.51. The van der Waals surface area contributed by atoms with Crippen molar-refractivity contribution < 1.29 is 4.39 Å². The normalized spacial score (nSPS) is 30.2. The van der Waals surface area contributed by atoms with Gasteiger partial charge in [0, 0.05) is 16.2 Å². The van der Waals surface area contributed by atoms with E-state index in [1.54, 1.807) is 23.9 Å². The Balaban J connectivity index is 1.63. The lowest BCUT2D eigenvalue weighted by molar-refractivity contribution is 0.420. The van der Waals surface area contributed by atoms with Gasteiger partial charge in [0.05, 0.1) is 6.07 Å². The van der Waals surface area contributed by atoms with Crippen molar-refractivity contribution in [1.29, 1.82) is 5.26 Å². The van der Waals surface area contributed by atoms with E-state index >= 15 is 0 Å². The van der Waals surface area contributed by atoms with Crippen molar-refractivity contribution in [3.63, 3.8) is 0 Å². The number of nitrogens with zero attached hydrogens (tertiary/aromatic N) is 1. The Morgan fingerprint density at radius 3 is 2.89 bits per heavy atom. The Labute approximate surface area is 117 Å². The van der Waals surface area contributed by atoms with Crippen LogP contribution in [0.1, 0.15) is 32.1 Å². The van der Waals surface area contributed by atoms with E-state index in [1.807, 2.05) is 6.07 Å². The summed E-state index contributed by atoms with van der Waals surface area (Å²) in [6, 6.07) is 9.75.